The fraction of sp³-hybridized carbons (Fsp3) is 0.600. The molecular formula is C10H15N3. The van der Waals surface area contributed by atoms with Crippen molar-refractivity contribution in [2.45, 2.75) is 32.1 Å². The number of aromatic nitrogens is 2. The first kappa shape index (κ1) is 8.63. The first-order valence-corrected chi connectivity index (χ1v) is 4.83. The van der Waals surface area contributed by atoms with Gasteiger partial charge in [-0.25, -0.2) is 9.97 Å². The second kappa shape index (κ2) is 3.42. The van der Waals surface area contributed by atoms with Gasteiger partial charge in [-0.3, -0.25) is 0 Å². The molecule has 3 heteroatoms. The normalized spacial score (nSPS) is 21.2. The average Bonchev–Trinajstić information content (AvgIpc) is 2.16. The quantitative estimate of drug-likeness (QED) is 0.700. The van der Waals surface area contributed by atoms with Crippen molar-refractivity contribution in [3.05, 3.63) is 23.3 Å². The Bertz CT molecular complexity index is 309. The fourth-order valence-electron chi connectivity index (χ4n) is 1.98. The third kappa shape index (κ3) is 1.56. The minimum atomic E-state index is 0.490. The zero-order valence-electron chi connectivity index (χ0n) is 7.95. The molecule has 0 spiro atoms. The lowest BCUT2D eigenvalue weighted by Crippen LogP contribution is -2.19. The molecule has 13 heavy (non-hydrogen) atoms. The molecule has 1 atom stereocenters. The number of nitrogens with zero attached hydrogens (tertiary/aromatic N) is 2. The lowest BCUT2D eigenvalue weighted by molar-refractivity contribution is 0.546. The smallest absolute Gasteiger partial charge is 0.125 e. The predicted octanol–water partition coefficient (Wildman–Crippen LogP) is 1.16. The molecule has 0 aromatic carbocycles. The molecule has 1 aliphatic rings. The molecule has 0 saturated carbocycles. The van der Waals surface area contributed by atoms with Crippen LogP contribution in [-0.4, -0.2) is 16.5 Å². The predicted molar refractivity (Wildman–Crippen MR) is 51.5 cm³/mol. The van der Waals surface area contributed by atoms with Crippen molar-refractivity contribution in [3.63, 3.8) is 0 Å². The maximum Gasteiger partial charge on any atom is 0.125 e. The Kier molecular flexibility index (Phi) is 2.27. The second-order valence-corrected chi connectivity index (χ2v) is 3.64. The van der Waals surface area contributed by atoms with E-state index in [-0.39, 0.29) is 0 Å². The van der Waals surface area contributed by atoms with Gasteiger partial charge in [-0.05, 0) is 44.2 Å². The van der Waals surface area contributed by atoms with Crippen LogP contribution in [0.3, 0.4) is 0 Å². The molecule has 0 aliphatic heterocycles. The number of hydrogen-bond donors (Lipinski definition) is 1. The van der Waals surface area contributed by atoms with Gasteiger partial charge in [-0.15, -0.1) is 0 Å². The summed E-state index contributed by atoms with van der Waals surface area (Å²) >= 11 is 0. The van der Waals surface area contributed by atoms with Crippen LogP contribution >= 0.6 is 0 Å². The Balaban J connectivity index is 2.40. The molecule has 2 N–H and O–H groups in total. The summed E-state index contributed by atoms with van der Waals surface area (Å²) in [4.78, 5) is 8.67. The highest BCUT2D eigenvalue weighted by Gasteiger charge is 2.20. The van der Waals surface area contributed by atoms with E-state index < -0.39 is 0 Å². The van der Waals surface area contributed by atoms with Gasteiger partial charge >= 0.3 is 0 Å². The molecule has 0 radical (unpaired) electrons. The molecule has 0 fully saturated rings. The maximum absolute atomic E-state index is 5.70. The zero-order chi connectivity index (χ0) is 9.26. The molecule has 1 heterocycles. The van der Waals surface area contributed by atoms with Crippen LogP contribution in [0.1, 0.15) is 35.8 Å². The van der Waals surface area contributed by atoms with Crippen LogP contribution in [0.4, 0.5) is 0 Å². The van der Waals surface area contributed by atoms with E-state index >= 15 is 0 Å². The van der Waals surface area contributed by atoms with Crippen LogP contribution in [-0.2, 0) is 6.42 Å². The second-order valence-electron chi connectivity index (χ2n) is 3.64. The Morgan fingerprint density at radius 1 is 1.62 bits per heavy atom. The van der Waals surface area contributed by atoms with Gasteiger partial charge in [0, 0.05) is 11.9 Å². The topological polar surface area (TPSA) is 51.8 Å². The summed E-state index contributed by atoms with van der Waals surface area (Å²) in [7, 11) is 0. The van der Waals surface area contributed by atoms with Crippen molar-refractivity contribution in [2.24, 2.45) is 5.73 Å². The van der Waals surface area contributed by atoms with Gasteiger partial charge in [0.1, 0.15) is 5.82 Å². The molecular weight excluding hydrogens is 162 g/mol. The first-order chi connectivity index (χ1) is 6.31. The molecule has 1 aliphatic carbocycles. The average molecular weight is 177 g/mol. The SMILES string of the molecule is Cc1ncc2c(n1)CCCC2CN. The van der Waals surface area contributed by atoms with Gasteiger partial charge in [0.2, 0.25) is 0 Å². The zero-order valence-corrected chi connectivity index (χ0v) is 7.95. The van der Waals surface area contributed by atoms with Crippen LogP contribution < -0.4 is 5.73 Å². The van der Waals surface area contributed by atoms with Crippen molar-refractivity contribution in [2.75, 3.05) is 6.54 Å². The van der Waals surface area contributed by atoms with Crippen molar-refractivity contribution >= 4 is 0 Å². The molecule has 1 unspecified atom stereocenters. The summed E-state index contributed by atoms with van der Waals surface area (Å²) in [6.07, 6.45) is 5.45. The minimum Gasteiger partial charge on any atom is -0.330 e. The minimum absolute atomic E-state index is 0.490. The Labute approximate surface area is 78.4 Å². The largest absolute Gasteiger partial charge is 0.330 e. The number of hydrogen-bond acceptors (Lipinski definition) is 3. The van der Waals surface area contributed by atoms with Crippen LogP contribution in [0.5, 0.6) is 0 Å². The van der Waals surface area contributed by atoms with E-state index in [0.717, 1.165) is 18.8 Å². The van der Waals surface area contributed by atoms with E-state index in [4.69, 9.17) is 5.73 Å². The van der Waals surface area contributed by atoms with Gasteiger partial charge in [-0.2, -0.15) is 0 Å². The third-order valence-electron chi connectivity index (χ3n) is 2.71. The Morgan fingerprint density at radius 3 is 3.23 bits per heavy atom. The molecule has 3 nitrogen and oxygen atoms in total. The standard InChI is InChI=1S/C10H15N3/c1-7-12-6-9-8(5-11)3-2-4-10(9)13-7/h6,8H,2-5,11H2,1H3. The summed E-state index contributed by atoms with van der Waals surface area (Å²) in [6, 6.07) is 0. The van der Waals surface area contributed by atoms with E-state index in [1.54, 1.807) is 0 Å². The Morgan fingerprint density at radius 2 is 2.46 bits per heavy atom. The number of aryl methyl sites for hydroxylation is 2. The highest BCUT2D eigenvalue weighted by molar-refractivity contribution is 5.25. The first-order valence-electron chi connectivity index (χ1n) is 4.83. The Hall–Kier alpha value is -0.960. The van der Waals surface area contributed by atoms with Gasteiger partial charge in [0.25, 0.3) is 0 Å². The highest BCUT2D eigenvalue weighted by atomic mass is 14.9. The van der Waals surface area contributed by atoms with Crippen LogP contribution in [0.25, 0.3) is 0 Å². The third-order valence-corrected chi connectivity index (χ3v) is 2.71. The number of fused-ring (bicyclic) bond motifs is 1. The van der Waals surface area contributed by atoms with Gasteiger partial charge in [-0.1, -0.05) is 0 Å². The van der Waals surface area contributed by atoms with Gasteiger partial charge in [0.05, 0.1) is 0 Å². The molecule has 1 aromatic heterocycles. The summed E-state index contributed by atoms with van der Waals surface area (Å²) in [5, 5.41) is 0. The molecule has 0 bridgehead atoms. The molecule has 0 saturated heterocycles. The van der Waals surface area contributed by atoms with Gasteiger partial charge in [0.15, 0.2) is 0 Å². The van der Waals surface area contributed by atoms with E-state index in [0.29, 0.717) is 5.92 Å². The van der Waals surface area contributed by atoms with Crippen molar-refractivity contribution in [3.8, 4) is 0 Å². The summed E-state index contributed by atoms with van der Waals surface area (Å²) in [5.74, 6) is 1.36. The van der Waals surface area contributed by atoms with E-state index in [2.05, 4.69) is 9.97 Å². The lowest BCUT2D eigenvalue weighted by Gasteiger charge is -2.22. The number of rotatable bonds is 1. The number of nitrogens with two attached hydrogens (primary N) is 1. The van der Waals surface area contributed by atoms with E-state index in [9.17, 15) is 0 Å². The molecule has 2 rings (SSSR count). The van der Waals surface area contributed by atoms with Crippen molar-refractivity contribution < 1.29 is 0 Å². The van der Waals surface area contributed by atoms with Crippen molar-refractivity contribution in [1.82, 2.24) is 9.97 Å². The fourth-order valence-corrected chi connectivity index (χ4v) is 1.98. The lowest BCUT2D eigenvalue weighted by atomic mass is 9.87. The highest BCUT2D eigenvalue weighted by Crippen LogP contribution is 2.28. The molecule has 0 amide bonds. The van der Waals surface area contributed by atoms with Crippen LogP contribution in [0.15, 0.2) is 6.20 Å². The summed E-state index contributed by atoms with van der Waals surface area (Å²) in [6.45, 7) is 2.66. The van der Waals surface area contributed by atoms with Crippen LogP contribution in [0, 0.1) is 6.92 Å². The monoisotopic (exact) mass is 177 g/mol. The van der Waals surface area contributed by atoms with Gasteiger partial charge < -0.3 is 5.73 Å². The van der Waals surface area contributed by atoms with Crippen molar-refractivity contribution in [1.29, 1.82) is 0 Å². The van der Waals surface area contributed by atoms with E-state index in [1.807, 2.05) is 13.1 Å². The maximum atomic E-state index is 5.70. The molecule has 70 valence electrons. The summed E-state index contributed by atoms with van der Waals surface area (Å²) in [5.41, 5.74) is 8.19. The van der Waals surface area contributed by atoms with E-state index in [1.165, 1.54) is 24.1 Å². The summed E-state index contributed by atoms with van der Waals surface area (Å²) < 4.78 is 0. The molecule has 1 aromatic rings. The van der Waals surface area contributed by atoms with Crippen LogP contribution in [0.2, 0.25) is 0 Å².